The van der Waals surface area contributed by atoms with Crippen LogP contribution in [0, 0.1) is 5.92 Å². The molecule has 1 aliphatic heterocycles. The standard InChI is InChI=1S/C14H18ClNO6S/c1-14(2,8-5-6-21-7-8)23(19,20)12-9(15)3-4-10(11(12)17)22-13(16)18/h3-4,8,17H,5-7H2,1-2H3,(H2,16,18). The molecule has 1 atom stereocenters. The zero-order valence-corrected chi connectivity index (χ0v) is 14.3. The van der Waals surface area contributed by atoms with Crippen molar-refractivity contribution in [1.82, 2.24) is 0 Å². The van der Waals surface area contributed by atoms with E-state index >= 15 is 0 Å². The first kappa shape index (κ1) is 17.8. The number of primary amides is 1. The molecule has 1 amide bonds. The summed E-state index contributed by atoms with van der Waals surface area (Å²) in [4.78, 5) is 10.4. The van der Waals surface area contributed by atoms with Gasteiger partial charge in [-0.15, -0.1) is 0 Å². The van der Waals surface area contributed by atoms with Crippen molar-refractivity contribution in [3.05, 3.63) is 17.2 Å². The van der Waals surface area contributed by atoms with Crippen LogP contribution in [-0.2, 0) is 14.6 Å². The van der Waals surface area contributed by atoms with Gasteiger partial charge in [-0.3, -0.25) is 0 Å². The van der Waals surface area contributed by atoms with Crippen molar-refractivity contribution >= 4 is 27.5 Å². The van der Waals surface area contributed by atoms with E-state index in [9.17, 15) is 18.3 Å². The van der Waals surface area contributed by atoms with Crippen LogP contribution >= 0.6 is 11.6 Å². The van der Waals surface area contributed by atoms with Gasteiger partial charge >= 0.3 is 6.09 Å². The molecule has 0 spiro atoms. The van der Waals surface area contributed by atoms with E-state index in [1.807, 2.05) is 0 Å². The minimum atomic E-state index is -4.04. The first-order valence-electron chi connectivity index (χ1n) is 6.90. The number of amides is 1. The second-order valence-corrected chi connectivity index (χ2v) is 8.69. The molecular formula is C14H18ClNO6S. The number of halogens is 1. The summed E-state index contributed by atoms with van der Waals surface area (Å²) in [6.45, 7) is 3.90. The number of phenols is 1. The highest BCUT2D eigenvalue weighted by atomic mass is 35.5. The van der Waals surface area contributed by atoms with Gasteiger partial charge in [-0.25, -0.2) is 13.2 Å². The van der Waals surface area contributed by atoms with Crippen molar-refractivity contribution in [1.29, 1.82) is 0 Å². The maximum Gasteiger partial charge on any atom is 0.410 e. The lowest BCUT2D eigenvalue weighted by Gasteiger charge is -2.31. The highest BCUT2D eigenvalue weighted by Gasteiger charge is 2.46. The Labute approximate surface area is 139 Å². The molecule has 2 rings (SSSR count). The molecule has 0 radical (unpaired) electrons. The number of sulfone groups is 1. The fourth-order valence-corrected chi connectivity index (χ4v) is 4.83. The van der Waals surface area contributed by atoms with Gasteiger partial charge in [0.2, 0.25) is 0 Å². The monoisotopic (exact) mass is 363 g/mol. The van der Waals surface area contributed by atoms with Gasteiger partial charge in [-0.05, 0) is 32.4 Å². The summed E-state index contributed by atoms with van der Waals surface area (Å²) in [5.74, 6) is -1.34. The number of nitrogens with two attached hydrogens (primary N) is 1. The van der Waals surface area contributed by atoms with Crippen LogP contribution in [0.2, 0.25) is 5.02 Å². The Kier molecular flexibility index (Phi) is 4.79. The van der Waals surface area contributed by atoms with E-state index in [1.54, 1.807) is 13.8 Å². The molecule has 23 heavy (non-hydrogen) atoms. The predicted octanol–water partition coefficient (Wildman–Crippen LogP) is 2.09. The molecule has 3 N–H and O–H groups in total. The largest absolute Gasteiger partial charge is 0.503 e. The molecule has 0 aliphatic carbocycles. The number of hydrogen-bond acceptors (Lipinski definition) is 6. The van der Waals surface area contributed by atoms with E-state index in [0.717, 1.165) is 0 Å². The van der Waals surface area contributed by atoms with Gasteiger partial charge in [-0.2, -0.15) is 0 Å². The minimum Gasteiger partial charge on any atom is -0.503 e. The van der Waals surface area contributed by atoms with Crippen LogP contribution in [0.4, 0.5) is 4.79 Å². The summed E-state index contributed by atoms with van der Waals surface area (Å²) in [6, 6.07) is 2.40. The van der Waals surface area contributed by atoms with Crippen molar-refractivity contribution in [3.8, 4) is 11.5 Å². The van der Waals surface area contributed by atoms with E-state index in [1.165, 1.54) is 12.1 Å². The van der Waals surface area contributed by atoms with E-state index in [4.69, 9.17) is 22.1 Å². The third-order valence-electron chi connectivity index (χ3n) is 4.13. The van der Waals surface area contributed by atoms with Gasteiger partial charge in [0, 0.05) is 12.5 Å². The highest BCUT2D eigenvalue weighted by molar-refractivity contribution is 7.93. The second kappa shape index (κ2) is 6.18. The Hall–Kier alpha value is -1.51. The van der Waals surface area contributed by atoms with Crippen LogP contribution in [0.25, 0.3) is 0 Å². The molecule has 0 bridgehead atoms. The van der Waals surface area contributed by atoms with E-state index in [2.05, 4.69) is 4.74 Å². The smallest absolute Gasteiger partial charge is 0.410 e. The van der Waals surface area contributed by atoms with Crippen molar-refractivity contribution in [2.24, 2.45) is 11.7 Å². The first-order chi connectivity index (χ1) is 10.6. The number of carbonyl (C=O) groups is 1. The lowest BCUT2D eigenvalue weighted by Crippen LogP contribution is -2.40. The third kappa shape index (κ3) is 3.11. The molecule has 7 nitrogen and oxygen atoms in total. The van der Waals surface area contributed by atoms with Crippen molar-refractivity contribution in [3.63, 3.8) is 0 Å². The minimum absolute atomic E-state index is 0.161. The Morgan fingerprint density at radius 1 is 1.48 bits per heavy atom. The Balaban J connectivity index is 2.57. The molecule has 1 saturated heterocycles. The normalized spacial score (nSPS) is 18.8. The molecule has 1 unspecified atom stereocenters. The average Bonchev–Trinajstić information content (AvgIpc) is 2.96. The Morgan fingerprint density at radius 2 is 2.13 bits per heavy atom. The molecule has 0 saturated carbocycles. The quantitative estimate of drug-likeness (QED) is 0.846. The fourth-order valence-electron chi connectivity index (χ4n) is 2.54. The van der Waals surface area contributed by atoms with Crippen LogP contribution in [0.3, 0.4) is 0 Å². The van der Waals surface area contributed by atoms with Crippen LogP contribution in [-0.4, -0.2) is 37.6 Å². The average molecular weight is 364 g/mol. The van der Waals surface area contributed by atoms with Crippen molar-refractivity contribution in [2.45, 2.75) is 29.9 Å². The number of carbonyl (C=O) groups excluding carboxylic acids is 1. The number of phenolic OH excluding ortho intramolecular Hbond substituents is 1. The number of ether oxygens (including phenoxy) is 2. The lowest BCUT2D eigenvalue weighted by atomic mass is 9.94. The molecule has 0 aromatic heterocycles. The SMILES string of the molecule is CC(C)(C1CCOC1)S(=O)(=O)c1c(Cl)ccc(OC(N)=O)c1O. The fraction of sp³-hybridized carbons (Fsp3) is 0.500. The molecule has 1 heterocycles. The van der Waals surface area contributed by atoms with E-state index < -0.39 is 31.3 Å². The predicted molar refractivity (Wildman–Crippen MR) is 83.5 cm³/mol. The van der Waals surface area contributed by atoms with Gasteiger partial charge in [0.15, 0.2) is 21.3 Å². The number of hydrogen-bond donors (Lipinski definition) is 2. The second-order valence-electron chi connectivity index (χ2n) is 5.81. The van der Waals surface area contributed by atoms with Crippen LogP contribution in [0.15, 0.2) is 17.0 Å². The summed E-state index contributed by atoms with van der Waals surface area (Å²) in [6.07, 6.45) is -0.586. The summed E-state index contributed by atoms with van der Waals surface area (Å²) in [7, 11) is -4.04. The van der Waals surface area contributed by atoms with Gasteiger partial charge in [0.05, 0.1) is 16.4 Å². The maximum absolute atomic E-state index is 13.0. The maximum atomic E-state index is 13.0. The van der Waals surface area contributed by atoms with Gasteiger partial charge in [-0.1, -0.05) is 11.6 Å². The Morgan fingerprint density at radius 3 is 2.65 bits per heavy atom. The molecule has 128 valence electrons. The van der Waals surface area contributed by atoms with Crippen LogP contribution in [0.1, 0.15) is 20.3 Å². The van der Waals surface area contributed by atoms with Crippen LogP contribution in [0.5, 0.6) is 11.5 Å². The zero-order valence-electron chi connectivity index (χ0n) is 12.7. The van der Waals surface area contributed by atoms with Gasteiger partial charge in [0.25, 0.3) is 0 Å². The number of rotatable bonds is 4. The molecule has 1 aromatic carbocycles. The molecule has 1 aliphatic rings. The topological polar surface area (TPSA) is 116 Å². The molecule has 1 aromatic rings. The summed E-state index contributed by atoms with van der Waals surface area (Å²) < 4.78 is 34.8. The highest BCUT2D eigenvalue weighted by Crippen LogP contribution is 2.45. The zero-order chi connectivity index (χ0) is 17.4. The molecular weight excluding hydrogens is 346 g/mol. The summed E-state index contributed by atoms with van der Waals surface area (Å²) in [5, 5.41) is 10.1. The van der Waals surface area contributed by atoms with Gasteiger partial charge < -0.3 is 20.3 Å². The number of aromatic hydroxyl groups is 1. The Bertz CT molecular complexity index is 725. The first-order valence-corrected chi connectivity index (χ1v) is 8.76. The van der Waals surface area contributed by atoms with Crippen LogP contribution < -0.4 is 10.5 Å². The van der Waals surface area contributed by atoms with E-state index in [0.29, 0.717) is 19.6 Å². The summed E-state index contributed by atoms with van der Waals surface area (Å²) >= 11 is 5.99. The van der Waals surface area contributed by atoms with E-state index in [-0.39, 0.29) is 16.7 Å². The van der Waals surface area contributed by atoms with Crippen molar-refractivity contribution in [2.75, 3.05) is 13.2 Å². The summed E-state index contributed by atoms with van der Waals surface area (Å²) in [5.41, 5.74) is 4.90. The van der Waals surface area contributed by atoms with Gasteiger partial charge in [0.1, 0.15) is 4.90 Å². The number of benzene rings is 1. The molecule has 1 fully saturated rings. The van der Waals surface area contributed by atoms with Crippen molar-refractivity contribution < 1.29 is 27.8 Å². The third-order valence-corrected chi connectivity index (χ3v) is 7.23. The lowest BCUT2D eigenvalue weighted by molar-refractivity contribution is 0.179. The molecule has 9 heteroatoms.